The second-order valence-electron chi connectivity index (χ2n) is 7.10. The molecule has 0 saturated heterocycles. The molecule has 0 radical (unpaired) electrons. The molecule has 0 aliphatic carbocycles. The van der Waals surface area contributed by atoms with E-state index in [0.29, 0.717) is 35.7 Å². The van der Waals surface area contributed by atoms with Crippen LogP contribution in [-0.2, 0) is 6.42 Å². The zero-order valence-electron chi connectivity index (χ0n) is 17.3. The summed E-state index contributed by atoms with van der Waals surface area (Å²) in [6, 6.07) is 11.3. The lowest BCUT2D eigenvalue weighted by Gasteiger charge is -2.11. The number of para-hydroxylation sites is 1. The number of aryl methyl sites for hydroxylation is 1. The topological polar surface area (TPSA) is 39.4 Å². The summed E-state index contributed by atoms with van der Waals surface area (Å²) in [5.41, 5.74) is 1.96. The maximum Gasteiger partial charge on any atom is 0.197 e. The standard InChI is InChI=1S/C25H26Br2O3/c1-3-5-6-7-8-11-14-29-25-19(26)15-17(16-20(25)27)24(28)23-18-12-9-10-13-22(18)30-21(23)4-2/h7-10,12-13,15-16H,3-6,11,14H2,1-2H3/b8-7-. The number of hydrogen-bond acceptors (Lipinski definition) is 3. The average Bonchev–Trinajstić information content (AvgIpc) is 3.12. The summed E-state index contributed by atoms with van der Waals surface area (Å²) >= 11 is 7.14. The van der Waals surface area contributed by atoms with Crippen LogP contribution in [-0.4, -0.2) is 12.4 Å². The Hall–Kier alpha value is -1.85. The Kier molecular flexibility index (Phi) is 8.34. The van der Waals surface area contributed by atoms with Crippen LogP contribution in [0.15, 0.2) is 61.9 Å². The van der Waals surface area contributed by atoms with Gasteiger partial charge in [0.1, 0.15) is 17.1 Å². The minimum absolute atomic E-state index is 0.0522. The minimum atomic E-state index is -0.0522. The molecule has 1 heterocycles. The predicted molar refractivity (Wildman–Crippen MR) is 130 cm³/mol. The molecule has 1 aromatic heterocycles. The zero-order valence-corrected chi connectivity index (χ0v) is 20.5. The number of ketones is 1. The Morgan fingerprint density at radius 1 is 1.07 bits per heavy atom. The first-order valence-electron chi connectivity index (χ1n) is 10.4. The lowest BCUT2D eigenvalue weighted by atomic mass is 9.99. The van der Waals surface area contributed by atoms with Crippen LogP contribution in [0, 0.1) is 0 Å². The highest BCUT2D eigenvalue weighted by Gasteiger charge is 2.22. The van der Waals surface area contributed by atoms with E-state index in [9.17, 15) is 4.79 Å². The number of ether oxygens (including phenoxy) is 1. The number of furan rings is 1. The molecule has 5 heteroatoms. The second kappa shape index (κ2) is 11.0. The summed E-state index contributed by atoms with van der Waals surface area (Å²) < 4.78 is 13.3. The monoisotopic (exact) mass is 532 g/mol. The maximum atomic E-state index is 13.4. The van der Waals surface area contributed by atoms with Crippen molar-refractivity contribution in [2.24, 2.45) is 0 Å². The molecule has 0 unspecified atom stereocenters. The fraction of sp³-hybridized carbons (Fsp3) is 0.320. The Bertz CT molecular complexity index is 1030. The van der Waals surface area contributed by atoms with Crippen molar-refractivity contribution in [3.05, 3.63) is 74.4 Å². The first-order valence-corrected chi connectivity index (χ1v) is 12.0. The van der Waals surface area contributed by atoms with Crippen molar-refractivity contribution in [1.29, 1.82) is 0 Å². The highest BCUT2D eigenvalue weighted by Crippen LogP contribution is 2.37. The van der Waals surface area contributed by atoms with Crippen molar-refractivity contribution in [2.75, 3.05) is 6.61 Å². The highest BCUT2D eigenvalue weighted by molar-refractivity contribution is 9.11. The molecule has 0 fully saturated rings. The lowest BCUT2D eigenvalue weighted by molar-refractivity contribution is 0.103. The minimum Gasteiger partial charge on any atom is -0.491 e. The first kappa shape index (κ1) is 22.8. The van der Waals surface area contributed by atoms with E-state index in [0.717, 1.165) is 32.8 Å². The summed E-state index contributed by atoms with van der Waals surface area (Å²) in [5.74, 6) is 1.37. The van der Waals surface area contributed by atoms with Gasteiger partial charge in [-0.05, 0) is 62.9 Å². The van der Waals surface area contributed by atoms with Crippen molar-refractivity contribution in [3.63, 3.8) is 0 Å². The molecule has 3 rings (SSSR count). The van der Waals surface area contributed by atoms with Crippen LogP contribution in [0.2, 0.25) is 0 Å². The van der Waals surface area contributed by atoms with Gasteiger partial charge in [0, 0.05) is 17.4 Å². The van der Waals surface area contributed by atoms with Gasteiger partial charge in [0.15, 0.2) is 5.78 Å². The molecule has 0 aliphatic heterocycles. The van der Waals surface area contributed by atoms with Gasteiger partial charge in [-0.25, -0.2) is 0 Å². The predicted octanol–water partition coefficient (Wildman–Crippen LogP) is 8.27. The van der Waals surface area contributed by atoms with Gasteiger partial charge in [-0.1, -0.05) is 57.0 Å². The normalized spacial score (nSPS) is 11.5. The van der Waals surface area contributed by atoms with Crippen molar-refractivity contribution < 1.29 is 13.9 Å². The molecule has 0 atom stereocenters. The molecule has 158 valence electrons. The number of hydrogen-bond donors (Lipinski definition) is 0. The average molecular weight is 534 g/mol. The third kappa shape index (κ3) is 5.25. The van der Waals surface area contributed by atoms with Crippen LogP contribution in [0.25, 0.3) is 11.0 Å². The first-order chi connectivity index (χ1) is 14.6. The Morgan fingerprint density at radius 2 is 1.77 bits per heavy atom. The number of benzene rings is 2. The van der Waals surface area contributed by atoms with E-state index < -0.39 is 0 Å². The summed E-state index contributed by atoms with van der Waals surface area (Å²) in [6.07, 6.45) is 9.42. The van der Waals surface area contributed by atoms with Crippen molar-refractivity contribution in [2.45, 2.75) is 46.0 Å². The Morgan fingerprint density at radius 3 is 2.47 bits per heavy atom. The van der Waals surface area contributed by atoms with Gasteiger partial charge >= 0.3 is 0 Å². The van der Waals surface area contributed by atoms with Crippen molar-refractivity contribution in [3.8, 4) is 5.75 Å². The van der Waals surface area contributed by atoms with Gasteiger partial charge in [-0.3, -0.25) is 4.79 Å². The second-order valence-corrected chi connectivity index (χ2v) is 8.81. The van der Waals surface area contributed by atoms with Crippen LogP contribution >= 0.6 is 31.9 Å². The van der Waals surface area contributed by atoms with E-state index in [4.69, 9.17) is 9.15 Å². The lowest BCUT2D eigenvalue weighted by Crippen LogP contribution is -2.05. The number of fused-ring (bicyclic) bond motifs is 1. The van der Waals surface area contributed by atoms with E-state index in [1.54, 1.807) is 0 Å². The molecular formula is C25H26Br2O3. The van der Waals surface area contributed by atoms with Crippen LogP contribution in [0.1, 0.15) is 61.2 Å². The van der Waals surface area contributed by atoms with Gasteiger partial charge < -0.3 is 9.15 Å². The van der Waals surface area contributed by atoms with Crippen molar-refractivity contribution in [1.82, 2.24) is 0 Å². The molecule has 3 aromatic rings. The fourth-order valence-electron chi connectivity index (χ4n) is 3.35. The van der Waals surface area contributed by atoms with Crippen molar-refractivity contribution >= 4 is 48.6 Å². The third-order valence-corrected chi connectivity index (χ3v) is 6.08. The fourth-order valence-corrected chi connectivity index (χ4v) is 4.77. The molecule has 0 spiro atoms. The van der Waals surface area contributed by atoms with Gasteiger partial charge in [0.05, 0.1) is 21.1 Å². The number of halogens is 2. The number of allylic oxidation sites excluding steroid dienone is 1. The molecule has 0 aliphatic rings. The summed E-state index contributed by atoms with van der Waals surface area (Å²) in [7, 11) is 0. The quantitative estimate of drug-likeness (QED) is 0.149. The van der Waals surface area contributed by atoms with E-state index in [1.165, 1.54) is 12.8 Å². The van der Waals surface area contributed by atoms with Crippen LogP contribution < -0.4 is 4.74 Å². The largest absolute Gasteiger partial charge is 0.491 e. The number of rotatable bonds is 10. The number of carbonyl (C=O) groups excluding carboxylic acids is 1. The molecule has 0 saturated carbocycles. The molecule has 2 aromatic carbocycles. The zero-order chi connectivity index (χ0) is 21.5. The molecule has 0 bridgehead atoms. The van der Waals surface area contributed by atoms with E-state index in [2.05, 4.69) is 50.9 Å². The van der Waals surface area contributed by atoms with Gasteiger partial charge in [0.2, 0.25) is 0 Å². The molecule has 0 N–H and O–H groups in total. The van der Waals surface area contributed by atoms with E-state index in [-0.39, 0.29) is 5.78 Å². The van der Waals surface area contributed by atoms with E-state index in [1.807, 2.05) is 43.3 Å². The maximum absolute atomic E-state index is 13.4. The Labute approximate surface area is 194 Å². The van der Waals surface area contributed by atoms with Crippen LogP contribution in [0.4, 0.5) is 0 Å². The third-order valence-electron chi connectivity index (χ3n) is 4.90. The smallest absolute Gasteiger partial charge is 0.197 e. The molecule has 3 nitrogen and oxygen atoms in total. The highest BCUT2D eigenvalue weighted by atomic mass is 79.9. The van der Waals surface area contributed by atoms with Crippen LogP contribution in [0.5, 0.6) is 5.75 Å². The Balaban J connectivity index is 1.78. The molecule has 0 amide bonds. The van der Waals surface area contributed by atoms with Gasteiger partial charge in [-0.2, -0.15) is 0 Å². The summed E-state index contributed by atoms with van der Waals surface area (Å²) in [4.78, 5) is 13.4. The molecular weight excluding hydrogens is 508 g/mol. The number of carbonyl (C=O) groups is 1. The molecule has 30 heavy (non-hydrogen) atoms. The number of unbranched alkanes of at least 4 members (excludes halogenated alkanes) is 2. The van der Waals surface area contributed by atoms with Gasteiger partial charge in [-0.15, -0.1) is 0 Å². The summed E-state index contributed by atoms with van der Waals surface area (Å²) in [5, 5.41) is 0.849. The van der Waals surface area contributed by atoms with E-state index >= 15 is 0 Å². The SMILES string of the molecule is CCCC/C=C\CCOc1c(Br)cc(C(=O)c2c(CC)oc3ccccc23)cc1Br. The van der Waals surface area contributed by atoms with Gasteiger partial charge in [0.25, 0.3) is 0 Å². The summed E-state index contributed by atoms with van der Waals surface area (Å²) in [6.45, 7) is 4.77. The van der Waals surface area contributed by atoms with Crippen LogP contribution in [0.3, 0.4) is 0 Å².